The molecule has 0 aliphatic heterocycles. The first-order chi connectivity index (χ1) is 9.60. The van der Waals surface area contributed by atoms with Crippen molar-refractivity contribution < 1.29 is 4.74 Å². The Labute approximate surface area is 127 Å². The van der Waals surface area contributed by atoms with Gasteiger partial charge in [0.2, 0.25) is 0 Å². The minimum atomic E-state index is 0.476. The van der Waals surface area contributed by atoms with Crippen LogP contribution in [0.15, 0.2) is 24.3 Å². The van der Waals surface area contributed by atoms with Gasteiger partial charge in [0, 0.05) is 17.8 Å². The summed E-state index contributed by atoms with van der Waals surface area (Å²) in [5.74, 6) is 2.26. The van der Waals surface area contributed by atoms with Gasteiger partial charge in [-0.25, -0.2) is 0 Å². The molecule has 0 radical (unpaired) electrons. The fraction of sp³-hybridized carbons (Fsp3) is 0.562. The third kappa shape index (κ3) is 3.85. The van der Waals surface area contributed by atoms with Crippen LogP contribution in [-0.4, -0.2) is 18.3 Å². The standard InChI is InChI=1S/C16H24N2OS/c1-11-6-4-9-15(12(11)2)18-16(20)17-13-7-5-8-14(10-13)19-3/h5,7-8,10-12,15H,4,6,9H2,1-3H3,(H2,17,18,20)/t11-,12-,15+/m0/s1. The van der Waals surface area contributed by atoms with Crippen molar-refractivity contribution >= 4 is 23.0 Å². The maximum absolute atomic E-state index is 5.42. The first-order valence-electron chi connectivity index (χ1n) is 7.31. The molecule has 4 heteroatoms. The molecule has 0 aromatic heterocycles. The lowest BCUT2D eigenvalue weighted by Crippen LogP contribution is -2.45. The number of benzene rings is 1. The Kier molecular flexibility index (Phi) is 5.24. The Balaban J connectivity index is 1.91. The second-order valence-corrected chi connectivity index (χ2v) is 6.11. The van der Waals surface area contributed by atoms with E-state index in [1.807, 2.05) is 24.3 Å². The smallest absolute Gasteiger partial charge is 0.171 e. The first kappa shape index (κ1) is 15.1. The van der Waals surface area contributed by atoms with E-state index in [0.29, 0.717) is 17.1 Å². The number of hydrogen-bond donors (Lipinski definition) is 2. The van der Waals surface area contributed by atoms with E-state index in [0.717, 1.165) is 17.4 Å². The molecule has 2 rings (SSSR count). The SMILES string of the molecule is COc1cccc(NC(=S)N[C@@H]2CCC[C@H](C)[C@@H]2C)c1. The highest BCUT2D eigenvalue weighted by atomic mass is 32.1. The van der Waals surface area contributed by atoms with Gasteiger partial charge in [-0.2, -0.15) is 0 Å². The summed E-state index contributed by atoms with van der Waals surface area (Å²) in [6.45, 7) is 4.65. The second kappa shape index (κ2) is 6.93. The third-order valence-electron chi connectivity index (χ3n) is 4.35. The normalized spacial score (nSPS) is 25.9. The molecular formula is C16H24N2OS. The fourth-order valence-corrected chi connectivity index (χ4v) is 3.09. The van der Waals surface area contributed by atoms with Gasteiger partial charge in [0.25, 0.3) is 0 Å². The molecule has 0 heterocycles. The lowest BCUT2D eigenvalue weighted by atomic mass is 9.78. The maximum Gasteiger partial charge on any atom is 0.171 e. The molecule has 20 heavy (non-hydrogen) atoms. The Morgan fingerprint density at radius 1 is 1.30 bits per heavy atom. The molecule has 110 valence electrons. The predicted octanol–water partition coefficient (Wildman–Crippen LogP) is 3.81. The zero-order valence-corrected chi connectivity index (χ0v) is 13.3. The Morgan fingerprint density at radius 2 is 2.10 bits per heavy atom. The van der Waals surface area contributed by atoms with Gasteiger partial charge in [0.1, 0.15) is 5.75 Å². The Bertz CT molecular complexity index is 464. The van der Waals surface area contributed by atoms with Crippen molar-refractivity contribution in [2.24, 2.45) is 11.8 Å². The highest BCUT2D eigenvalue weighted by molar-refractivity contribution is 7.80. The van der Waals surface area contributed by atoms with Gasteiger partial charge in [-0.1, -0.05) is 32.8 Å². The number of hydrogen-bond acceptors (Lipinski definition) is 2. The van der Waals surface area contributed by atoms with Crippen LogP contribution in [0.5, 0.6) is 5.75 Å². The van der Waals surface area contributed by atoms with Crippen LogP contribution < -0.4 is 15.4 Å². The zero-order chi connectivity index (χ0) is 14.5. The van der Waals surface area contributed by atoms with Crippen LogP contribution in [0.2, 0.25) is 0 Å². The van der Waals surface area contributed by atoms with Crippen molar-refractivity contribution in [3.05, 3.63) is 24.3 Å². The number of thiocarbonyl (C=S) groups is 1. The summed E-state index contributed by atoms with van der Waals surface area (Å²) in [5.41, 5.74) is 0.957. The van der Waals surface area contributed by atoms with Gasteiger partial charge < -0.3 is 15.4 Å². The van der Waals surface area contributed by atoms with Crippen LogP contribution in [-0.2, 0) is 0 Å². The molecule has 3 nitrogen and oxygen atoms in total. The van der Waals surface area contributed by atoms with Crippen LogP contribution in [0.1, 0.15) is 33.1 Å². The van der Waals surface area contributed by atoms with Crippen molar-refractivity contribution in [2.75, 3.05) is 12.4 Å². The minimum Gasteiger partial charge on any atom is -0.497 e. The lowest BCUT2D eigenvalue weighted by molar-refractivity contribution is 0.225. The van der Waals surface area contributed by atoms with Gasteiger partial charge >= 0.3 is 0 Å². The summed E-state index contributed by atoms with van der Waals surface area (Å²) in [4.78, 5) is 0. The summed E-state index contributed by atoms with van der Waals surface area (Å²) in [7, 11) is 1.67. The van der Waals surface area contributed by atoms with E-state index in [1.165, 1.54) is 19.3 Å². The predicted molar refractivity (Wildman–Crippen MR) is 88.3 cm³/mol. The molecule has 0 spiro atoms. The molecule has 1 saturated carbocycles. The Hall–Kier alpha value is -1.29. The van der Waals surface area contributed by atoms with Crippen LogP contribution >= 0.6 is 12.2 Å². The van der Waals surface area contributed by atoms with Gasteiger partial charge in [-0.15, -0.1) is 0 Å². The van der Waals surface area contributed by atoms with Gasteiger partial charge in [-0.3, -0.25) is 0 Å². The molecule has 1 aromatic carbocycles. The van der Waals surface area contributed by atoms with E-state index in [-0.39, 0.29) is 0 Å². The number of ether oxygens (including phenoxy) is 1. The fourth-order valence-electron chi connectivity index (χ4n) is 2.82. The third-order valence-corrected chi connectivity index (χ3v) is 4.57. The molecule has 3 atom stereocenters. The average molecular weight is 292 g/mol. The van der Waals surface area contributed by atoms with Crippen molar-refractivity contribution in [3.63, 3.8) is 0 Å². The summed E-state index contributed by atoms with van der Waals surface area (Å²) in [6, 6.07) is 8.29. The summed E-state index contributed by atoms with van der Waals surface area (Å²) in [5, 5.41) is 7.40. The quantitative estimate of drug-likeness (QED) is 0.830. The highest BCUT2D eigenvalue weighted by Gasteiger charge is 2.27. The van der Waals surface area contributed by atoms with Crippen LogP contribution in [0.25, 0.3) is 0 Å². The van der Waals surface area contributed by atoms with Crippen LogP contribution in [0, 0.1) is 11.8 Å². The zero-order valence-electron chi connectivity index (χ0n) is 12.5. The van der Waals surface area contributed by atoms with E-state index in [4.69, 9.17) is 17.0 Å². The molecule has 1 aliphatic carbocycles. The van der Waals surface area contributed by atoms with E-state index < -0.39 is 0 Å². The van der Waals surface area contributed by atoms with Crippen LogP contribution in [0.3, 0.4) is 0 Å². The number of rotatable bonds is 3. The van der Waals surface area contributed by atoms with Crippen molar-refractivity contribution in [3.8, 4) is 5.75 Å². The van der Waals surface area contributed by atoms with E-state index in [1.54, 1.807) is 7.11 Å². The molecule has 0 saturated heterocycles. The largest absolute Gasteiger partial charge is 0.497 e. The molecule has 1 aliphatic rings. The molecule has 0 unspecified atom stereocenters. The number of anilines is 1. The number of methoxy groups -OCH3 is 1. The van der Waals surface area contributed by atoms with Crippen molar-refractivity contribution in [2.45, 2.75) is 39.2 Å². The topological polar surface area (TPSA) is 33.3 Å². The number of nitrogens with one attached hydrogen (secondary N) is 2. The first-order valence-corrected chi connectivity index (χ1v) is 7.72. The molecule has 0 bridgehead atoms. The van der Waals surface area contributed by atoms with Crippen molar-refractivity contribution in [1.82, 2.24) is 5.32 Å². The van der Waals surface area contributed by atoms with E-state index in [2.05, 4.69) is 24.5 Å². The van der Waals surface area contributed by atoms with Gasteiger partial charge in [0.15, 0.2) is 5.11 Å². The highest BCUT2D eigenvalue weighted by Crippen LogP contribution is 2.29. The lowest BCUT2D eigenvalue weighted by Gasteiger charge is -2.35. The van der Waals surface area contributed by atoms with Gasteiger partial charge in [0.05, 0.1) is 7.11 Å². The average Bonchev–Trinajstić information content (AvgIpc) is 2.44. The summed E-state index contributed by atoms with van der Waals surface area (Å²) in [6.07, 6.45) is 3.81. The minimum absolute atomic E-state index is 0.476. The van der Waals surface area contributed by atoms with Crippen LogP contribution in [0.4, 0.5) is 5.69 Å². The van der Waals surface area contributed by atoms with E-state index in [9.17, 15) is 0 Å². The summed E-state index contributed by atoms with van der Waals surface area (Å²) >= 11 is 5.42. The monoisotopic (exact) mass is 292 g/mol. The van der Waals surface area contributed by atoms with Crippen molar-refractivity contribution in [1.29, 1.82) is 0 Å². The van der Waals surface area contributed by atoms with Gasteiger partial charge in [-0.05, 0) is 42.6 Å². The molecule has 2 N–H and O–H groups in total. The molecule has 1 aromatic rings. The molecule has 0 amide bonds. The molecular weight excluding hydrogens is 268 g/mol. The maximum atomic E-state index is 5.42. The summed E-state index contributed by atoms with van der Waals surface area (Å²) < 4.78 is 5.21. The van der Waals surface area contributed by atoms with E-state index >= 15 is 0 Å². The second-order valence-electron chi connectivity index (χ2n) is 5.70. The Morgan fingerprint density at radius 3 is 2.85 bits per heavy atom. The molecule has 1 fully saturated rings.